The van der Waals surface area contributed by atoms with E-state index in [9.17, 15) is 0 Å². The molecule has 0 fully saturated rings. The van der Waals surface area contributed by atoms with E-state index < -0.39 is 0 Å². The van der Waals surface area contributed by atoms with Gasteiger partial charge in [-0.3, -0.25) is 0 Å². The van der Waals surface area contributed by atoms with E-state index in [0.29, 0.717) is 0 Å². The third-order valence-electron chi connectivity index (χ3n) is 5.59. The predicted octanol–water partition coefficient (Wildman–Crippen LogP) is 6.05. The van der Waals surface area contributed by atoms with Gasteiger partial charge in [0.25, 0.3) is 0 Å². The van der Waals surface area contributed by atoms with Gasteiger partial charge in [-0.25, -0.2) is 0 Å². The van der Waals surface area contributed by atoms with Gasteiger partial charge in [-0.1, -0.05) is 13.5 Å². The molecule has 0 nitrogen and oxygen atoms in total. The van der Waals surface area contributed by atoms with Gasteiger partial charge < -0.3 is 0 Å². The van der Waals surface area contributed by atoms with Crippen LogP contribution in [0.15, 0.2) is 6.07 Å². The molecule has 0 bridgehead atoms. The molecule has 3 rings (SSSR count). The summed E-state index contributed by atoms with van der Waals surface area (Å²) in [5, 5.41) is 0. The Morgan fingerprint density at radius 1 is 0.571 bits per heavy atom. The maximum absolute atomic E-state index is 2.35. The van der Waals surface area contributed by atoms with Gasteiger partial charge in [-0.2, -0.15) is 0 Å². The van der Waals surface area contributed by atoms with Crippen molar-refractivity contribution in [2.24, 2.45) is 0 Å². The number of hydrogen-bond donors (Lipinski definition) is 0. The topological polar surface area (TPSA) is 0 Å². The highest BCUT2D eigenvalue weighted by Gasteiger charge is 2.27. The minimum Gasteiger partial charge on any atom is -0.0776 e. The first kappa shape index (κ1) is 15.8. The van der Waals surface area contributed by atoms with Crippen LogP contribution in [-0.4, -0.2) is 0 Å². The summed E-state index contributed by atoms with van der Waals surface area (Å²) < 4.78 is 0. The van der Waals surface area contributed by atoms with Gasteiger partial charge in [0.2, 0.25) is 0 Å². The van der Waals surface area contributed by atoms with Crippen molar-refractivity contribution in [2.75, 3.05) is 0 Å². The number of benzene rings is 2. The van der Waals surface area contributed by atoms with Gasteiger partial charge in [0.15, 0.2) is 0 Å². The number of hydrogen-bond acceptors (Lipinski definition) is 0. The molecule has 21 heavy (non-hydrogen) atoms. The fourth-order valence-electron chi connectivity index (χ4n) is 3.86. The van der Waals surface area contributed by atoms with Gasteiger partial charge >= 0.3 is 0 Å². The molecular weight excluding hydrogens is 252 g/mol. The van der Waals surface area contributed by atoms with Crippen molar-refractivity contribution in [3.63, 3.8) is 0 Å². The molecule has 0 heterocycles. The van der Waals surface area contributed by atoms with E-state index in [-0.39, 0.29) is 7.43 Å². The van der Waals surface area contributed by atoms with Crippen molar-refractivity contribution in [3.8, 4) is 11.1 Å². The molecule has 0 aliphatic heterocycles. The monoisotopic (exact) mass is 280 g/mol. The van der Waals surface area contributed by atoms with Crippen LogP contribution in [-0.2, 0) is 6.42 Å². The molecule has 2 aromatic carbocycles. The summed E-state index contributed by atoms with van der Waals surface area (Å²) >= 11 is 0. The number of rotatable bonds is 0. The van der Waals surface area contributed by atoms with Crippen molar-refractivity contribution >= 4 is 0 Å². The molecular formula is C21H28. The minimum atomic E-state index is 0. The highest BCUT2D eigenvalue weighted by atomic mass is 14.3. The summed E-state index contributed by atoms with van der Waals surface area (Å²) in [6, 6.07) is 2.35. The number of aryl methyl sites for hydroxylation is 2. The molecule has 0 unspecified atom stereocenters. The lowest BCUT2D eigenvalue weighted by molar-refractivity contribution is 1.13. The van der Waals surface area contributed by atoms with Crippen molar-refractivity contribution in [3.05, 3.63) is 56.1 Å². The van der Waals surface area contributed by atoms with E-state index in [0.717, 1.165) is 6.42 Å². The van der Waals surface area contributed by atoms with E-state index >= 15 is 0 Å². The fourth-order valence-corrected chi connectivity index (χ4v) is 3.86. The van der Waals surface area contributed by atoms with E-state index in [2.05, 4.69) is 54.5 Å². The molecule has 0 saturated carbocycles. The van der Waals surface area contributed by atoms with Crippen LogP contribution < -0.4 is 0 Å². The van der Waals surface area contributed by atoms with Crippen LogP contribution in [0.4, 0.5) is 0 Å². The van der Waals surface area contributed by atoms with Crippen molar-refractivity contribution in [2.45, 2.75) is 62.3 Å². The smallest absolute Gasteiger partial charge is 0.000779 e. The Morgan fingerprint density at radius 3 is 1.71 bits per heavy atom. The van der Waals surface area contributed by atoms with Gasteiger partial charge in [-0.15, -0.1) is 0 Å². The molecule has 0 amide bonds. The molecule has 112 valence electrons. The number of fused-ring (bicyclic) bond motifs is 3. The lowest BCUT2D eigenvalue weighted by Gasteiger charge is -2.17. The molecule has 1 aliphatic rings. The normalized spacial score (nSPS) is 12.0. The average molecular weight is 280 g/mol. The van der Waals surface area contributed by atoms with Crippen LogP contribution in [0.3, 0.4) is 0 Å². The second-order valence-corrected chi connectivity index (χ2v) is 6.52. The zero-order chi connectivity index (χ0) is 14.8. The molecule has 2 aromatic rings. The van der Waals surface area contributed by atoms with Crippen molar-refractivity contribution in [1.82, 2.24) is 0 Å². The summed E-state index contributed by atoms with van der Waals surface area (Å²) in [5.41, 5.74) is 16.4. The van der Waals surface area contributed by atoms with Crippen LogP contribution in [0, 0.1) is 48.5 Å². The third kappa shape index (κ3) is 1.96. The lowest BCUT2D eigenvalue weighted by atomic mass is 9.87. The van der Waals surface area contributed by atoms with Crippen LogP contribution in [0.2, 0.25) is 0 Å². The Hall–Kier alpha value is -1.56. The van der Waals surface area contributed by atoms with Crippen molar-refractivity contribution in [1.29, 1.82) is 0 Å². The summed E-state index contributed by atoms with van der Waals surface area (Å²) in [4.78, 5) is 0. The third-order valence-corrected chi connectivity index (χ3v) is 5.59. The van der Waals surface area contributed by atoms with Crippen LogP contribution >= 0.6 is 0 Å². The summed E-state index contributed by atoms with van der Waals surface area (Å²) in [6.07, 6.45) is 1.12. The van der Waals surface area contributed by atoms with Gasteiger partial charge in [0.05, 0.1) is 0 Å². The molecule has 0 N–H and O–H groups in total. The maximum Gasteiger partial charge on any atom is -0.000779 e. The summed E-state index contributed by atoms with van der Waals surface area (Å²) in [7, 11) is 0. The Balaban J connectivity index is 0.00000161. The second kappa shape index (κ2) is 5.02. The zero-order valence-electron chi connectivity index (χ0n) is 13.8. The Bertz CT molecular complexity index is 746. The fraction of sp³-hybridized carbons (Fsp3) is 0.429. The quantitative estimate of drug-likeness (QED) is 0.470. The minimum absolute atomic E-state index is 0. The SMILES string of the molecule is C.Cc1cc(C)c2c(c1C)Cc1c(C)c(C)c(C)c(C)c1-2. The van der Waals surface area contributed by atoms with Crippen LogP contribution in [0.1, 0.15) is 57.5 Å². The Morgan fingerprint density at radius 2 is 1.10 bits per heavy atom. The molecule has 0 heteroatoms. The summed E-state index contributed by atoms with van der Waals surface area (Å²) in [6.45, 7) is 15.9. The van der Waals surface area contributed by atoms with Gasteiger partial charge in [0.1, 0.15) is 0 Å². The van der Waals surface area contributed by atoms with E-state index in [1.807, 2.05) is 0 Å². The standard InChI is InChI=1S/C20H24.CH4/c1-10-8-11(2)19-17(12(10)3)9-18-15(6)13(4)14(5)16(7)20(18)19;/h8H,9H2,1-7H3;1H4. The first-order chi connectivity index (χ1) is 9.34. The highest BCUT2D eigenvalue weighted by Crippen LogP contribution is 2.46. The molecule has 0 radical (unpaired) electrons. The van der Waals surface area contributed by atoms with E-state index in [1.54, 1.807) is 11.1 Å². The van der Waals surface area contributed by atoms with E-state index in [4.69, 9.17) is 0 Å². The second-order valence-electron chi connectivity index (χ2n) is 6.52. The first-order valence-electron chi connectivity index (χ1n) is 7.53. The largest absolute Gasteiger partial charge is 0.0776 e. The van der Waals surface area contributed by atoms with E-state index in [1.165, 1.54) is 50.1 Å². The Labute approximate surface area is 130 Å². The van der Waals surface area contributed by atoms with Gasteiger partial charge in [-0.05, 0) is 116 Å². The zero-order valence-corrected chi connectivity index (χ0v) is 13.8. The maximum atomic E-state index is 2.35. The molecule has 0 saturated heterocycles. The lowest BCUT2D eigenvalue weighted by Crippen LogP contribution is -1.98. The van der Waals surface area contributed by atoms with Gasteiger partial charge in [0, 0.05) is 0 Å². The molecule has 0 spiro atoms. The predicted molar refractivity (Wildman–Crippen MR) is 94.6 cm³/mol. The molecule has 0 atom stereocenters. The average Bonchev–Trinajstić information content (AvgIpc) is 2.81. The van der Waals surface area contributed by atoms with Crippen LogP contribution in [0.5, 0.6) is 0 Å². The molecule has 0 aromatic heterocycles. The Kier molecular flexibility index (Phi) is 3.78. The van der Waals surface area contributed by atoms with Crippen LogP contribution in [0.25, 0.3) is 11.1 Å². The summed E-state index contributed by atoms with van der Waals surface area (Å²) in [5.74, 6) is 0. The highest BCUT2D eigenvalue weighted by molar-refractivity contribution is 5.85. The van der Waals surface area contributed by atoms with Crippen molar-refractivity contribution < 1.29 is 0 Å². The first-order valence-corrected chi connectivity index (χ1v) is 7.53. The molecule has 1 aliphatic carbocycles.